The predicted octanol–water partition coefficient (Wildman–Crippen LogP) is 3.53. The lowest BCUT2D eigenvalue weighted by atomic mass is 9.78. The lowest BCUT2D eigenvalue weighted by Gasteiger charge is -2.38. The molecule has 0 unspecified atom stereocenters. The van der Waals surface area contributed by atoms with Gasteiger partial charge >= 0.3 is 6.18 Å². The predicted molar refractivity (Wildman–Crippen MR) is 101 cm³/mol. The monoisotopic (exact) mass is 414 g/mol. The first-order valence-electron chi connectivity index (χ1n) is 9.10. The summed E-state index contributed by atoms with van der Waals surface area (Å²) in [6, 6.07) is 8.06. The second-order valence-corrected chi connectivity index (χ2v) is 7.37. The van der Waals surface area contributed by atoms with Crippen LogP contribution in [0.5, 0.6) is 0 Å². The van der Waals surface area contributed by atoms with Gasteiger partial charge in [-0.2, -0.15) is 18.3 Å². The van der Waals surface area contributed by atoms with Gasteiger partial charge in [0.2, 0.25) is 0 Å². The number of carbonyl (C=O) groups excluding carboxylic acids is 1. The topological polar surface area (TPSA) is 50.2 Å². The molecule has 1 aromatic heterocycles. The molecule has 1 spiro atoms. The summed E-state index contributed by atoms with van der Waals surface area (Å²) in [6.07, 6.45) is -0.933. The fourth-order valence-corrected chi connectivity index (χ4v) is 4.12. The van der Waals surface area contributed by atoms with Crippen molar-refractivity contribution in [2.24, 2.45) is 5.41 Å². The van der Waals surface area contributed by atoms with E-state index in [0.717, 1.165) is 43.2 Å². The Hall–Kier alpha value is -2.06. The molecule has 9 heteroatoms. The summed E-state index contributed by atoms with van der Waals surface area (Å²) in [4.78, 5) is 14.4. The van der Waals surface area contributed by atoms with Crippen LogP contribution < -0.4 is 5.32 Å². The Morgan fingerprint density at radius 1 is 1.11 bits per heavy atom. The molecule has 1 amide bonds. The highest BCUT2D eigenvalue weighted by Crippen LogP contribution is 2.38. The van der Waals surface area contributed by atoms with Crippen LogP contribution in [0.3, 0.4) is 0 Å². The summed E-state index contributed by atoms with van der Waals surface area (Å²) in [5.74, 6) is -0.592. The number of benzene rings is 1. The van der Waals surface area contributed by atoms with Gasteiger partial charge in [-0.25, -0.2) is 4.68 Å². The highest BCUT2D eigenvalue weighted by Gasteiger charge is 2.43. The Kier molecular flexibility index (Phi) is 5.72. The zero-order chi connectivity index (χ0) is 19.1. The molecule has 1 N–H and O–H groups in total. The molecule has 0 saturated carbocycles. The minimum absolute atomic E-state index is 0. The Bertz CT molecular complexity index is 821. The zero-order valence-electron chi connectivity index (χ0n) is 15.2. The largest absolute Gasteiger partial charge is 0.434 e. The van der Waals surface area contributed by atoms with E-state index in [0.29, 0.717) is 13.1 Å². The van der Waals surface area contributed by atoms with Gasteiger partial charge in [-0.15, -0.1) is 12.4 Å². The molecule has 0 bridgehead atoms. The number of alkyl halides is 3. The van der Waals surface area contributed by atoms with Crippen molar-refractivity contribution in [1.29, 1.82) is 0 Å². The van der Waals surface area contributed by atoms with Gasteiger partial charge in [0.25, 0.3) is 5.91 Å². The molecule has 28 heavy (non-hydrogen) atoms. The minimum Gasteiger partial charge on any atom is -0.338 e. The van der Waals surface area contributed by atoms with Crippen molar-refractivity contribution in [2.45, 2.75) is 25.4 Å². The van der Waals surface area contributed by atoms with Gasteiger partial charge in [0.1, 0.15) is 0 Å². The summed E-state index contributed by atoms with van der Waals surface area (Å²) < 4.78 is 42.1. The van der Waals surface area contributed by atoms with Crippen molar-refractivity contribution in [1.82, 2.24) is 20.0 Å². The number of rotatable bonds is 2. The van der Waals surface area contributed by atoms with Crippen molar-refractivity contribution in [3.8, 4) is 5.69 Å². The standard InChI is InChI=1S/C19H21F3N4O.ClH/c20-19(21,22)16-15(12-24-26(16)14-4-2-1-3-5-14)17(27)25-10-7-18(8-11-25)6-9-23-13-18;/h1-5,12,23H,6-11,13H2;1H. The Labute approximate surface area is 167 Å². The fourth-order valence-electron chi connectivity index (χ4n) is 4.12. The first kappa shape index (κ1) is 20.7. The maximum atomic E-state index is 13.8. The van der Waals surface area contributed by atoms with Crippen molar-refractivity contribution in [3.63, 3.8) is 0 Å². The summed E-state index contributed by atoms with van der Waals surface area (Å²) in [5, 5.41) is 7.22. The number of hydrogen-bond donors (Lipinski definition) is 1. The molecule has 0 atom stereocenters. The van der Waals surface area contributed by atoms with E-state index >= 15 is 0 Å². The van der Waals surface area contributed by atoms with E-state index in [1.54, 1.807) is 18.2 Å². The molecule has 0 radical (unpaired) electrons. The van der Waals surface area contributed by atoms with Crippen LogP contribution in [-0.4, -0.2) is 46.8 Å². The second-order valence-electron chi connectivity index (χ2n) is 7.37. The molecule has 3 heterocycles. The number of amides is 1. The molecule has 2 aliphatic heterocycles. The van der Waals surface area contributed by atoms with E-state index in [1.807, 2.05) is 0 Å². The molecule has 1 aromatic carbocycles. The Morgan fingerprint density at radius 2 is 1.79 bits per heavy atom. The quantitative estimate of drug-likeness (QED) is 0.818. The number of piperidine rings is 1. The van der Waals surface area contributed by atoms with Gasteiger partial charge in [-0.1, -0.05) is 18.2 Å². The number of hydrogen-bond acceptors (Lipinski definition) is 3. The molecule has 0 aliphatic carbocycles. The average molecular weight is 415 g/mol. The zero-order valence-corrected chi connectivity index (χ0v) is 16.0. The Balaban J connectivity index is 0.00000225. The second kappa shape index (κ2) is 7.75. The van der Waals surface area contributed by atoms with E-state index in [1.165, 1.54) is 17.0 Å². The molecule has 4 rings (SSSR count). The van der Waals surface area contributed by atoms with Crippen LogP contribution in [0.25, 0.3) is 5.69 Å². The van der Waals surface area contributed by atoms with Crippen LogP contribution >= 0.6 is 12.4 Å². The van der Waals surface area contributed by atoms with Crippen molar-refractivity contribution in [3.05, 3.63) is 47.8 Å². The molecule has 5 nitrogen and oxygen atoms in total. The maximum Gasteiger partial charge on any atom is 0.434 e. The molecule has 2 saturated heterocycles. The number of para-hydroxylation sites is 1. The van der Waals surface area contributed by atoms with E-state index in [4.69, 9.17) is 0 Å². The van der Waals surface area contributed by atoms with E-state index in [-0.39, 0.29) is 29.1 Å². The molecule has 2 aromatic rings. The molecular weight excluding hydrogens is 393 g/mol. The van der Waals surface area contributed by atoms with Gasteiger partial charge in [0.05, 0.1) is 17.4 Å². The first-order chi connectivity index (χ1) is 12.9. The summed E-state index contributed by atoms with van der Waals surface area (Å²) in [7, 11) is 0. The van der Waals surface area contributed by atoms with Gasteiger partial charge in [0, 0.05) is 19.6 Å². The van der Waals surface area contributed by atoms with Crippen molar-refractivity contribution < 1.29 is 18.0 Å². The summed E-state index contributed by atoms with van der Waals surface area (Å²) in [5.41, 5.74) is -0.926. The minimum atomic E-state index is -4.68. The van der Waals surface area contributed by atoms with E-state index < -0.39 is 17.8 Å². The lowest BCUT2D eigenvalue weighted by molar-refractivity contribution is -0.143. The summed E-state index contributed by atoms with van der Waals surface area (Å²) in [6.45, 7) is 2.85. The fraction of sp³-hybridized carbons (Fsp3) is 0.474. The van der Waals surface area contributed by atoms with Crippen LogP contribution in [0.4, 0.5) is 13.2 Å². The van der Waals surface area contributed by atoms with Crippen LogP contribution in [0.2, 0.25) is 0 Å². The van der Waals surface area contributed by atoms with Gasteiger partial charge in [0.15, 0.2) is 5.69 Å². The number of halogens is 4. The molecule has 2 aliphatic rings. The highest BCUT2D eigenvalue weighted by molar-refractivity contribution is 5.95. The third-order valence-corrected chi connectivity index (χ3v) is 5.71. The van der Waals surface area contributed by atoms with Crippen molar-refractivity contribution >= 4 is 18.3 Å². The average Bonchev–Trinajstić information content (AvgIpc) is 3.30. The number of carbonyl (C=O) groups is 1. The maximum absolute atomic E-state index is 13.8. The van der Waals surface area contributed by atoms with Crippen LogP contribution in [-0.2, 0) is 6.18 Å². The lowest BCUT2D eigenvalue weighted by Crippen LogP contribution is -2.44. The first-order valence-corrected chi connectivity index (χ1v) is 9.10. The molecule has 152 valence electrons. The Morgan fingerprint density at radius 3 is 2.36 bits per heavy atom. The number of aromatic nitrogens is 2. The van der Waals surface area contributed by atoms with Crippen LogP contribution in [0.1, 0.15) is 35.3 Å². The smallest absolute Gasteiger partial charge is 0.338 e. The molecule has 2 fully saturated rings. The van der Waals surface area contributed by atoms with Gasteiger partial charge in [-0.3, -0.25) is 4.79 Å². The normalized spacial score (nSPS) is 18.9. The third kappa shape index (κ3) is 3.75. The van der Waals surface area contributed by atoms with Crippen molar-refractivity contribution in [2.75, 3.05) is 26.2 Å². The summed E-state index contributed by atoms with van der Waals surface area (Å²) >= 11 is 0. The highest BCUT2D eigenvalue weighted by atomic mass is 35.5. The number of nitrogens with one attached hydrogen (secondary N) is 1. The van der Waals surface area contributed by atoms with Gasteiger partial charge in [-0.05, 0) is 43.4 Å². The van der Waals surface area contributed by atoms with Crippen LogP contribution in [0.15, 0.2) is 36.5 Å². The van der Waals surface area contributed by atoms with Crippen LogP contribution in [0, 0.1) is 5.41 Å². The SMILES string of the molecule is Cl.O=C(c1cnn(-c2ccccc2)c1C(F)(F)F)N1CCC2(CCNC2)CC1. The number of nitrogens with zero attached hydrogens (tertiary/aromatic N) is 3. The van der Waals surface area contributed by atoms with E-state index in [2.05, 4.69) is 10.4 Å². The van der Waals surface area contributed by atoms with E-state index in [9.17, 15) is 18.0 Å². The third-order valence-electron chi connectivity index (χ3n) is 5.71. The van der Waals surface area contributed by atoms with Gasteiger partial charge < -0.3 is 10.2 Å². The molecular formula is C19H22ClF3N4O. The number of likely N-dealkylation sites (tertiary alicyclic amines) is 1.